The molecule has 4 nitrogen and oxygen atoms in total. The van der Waals surface area contributed by atoms with Gasteiger partial charge in [0.05, 0.1) is 0 Å². The van der Waals surface area contributed by atoms with Gasteiger partial charge in [0.2, 0.25) is 0 Å². The Balaban J connectivity index is 1.85. The first kappa shape index (κ1) is 19.3. The van der Waals surface area contributed by atoms with Gasteiger partial charge in [0.15, 0.2) is 0 Å². The van der Waals surface area contributed by atoms with Crippen LogP contribution in [0, 0.1) is 5.92 Å². The number of aliphatic imine (C=N–C) groups is 1. The topological polar surface area (TPSA) is 49.7 Å². The van der Waals surface area contributed by atoms with Crippen molar-refractivity contribution in [2.24, 2.45) is 10.9 Å². The number of carbonyl (C=O) groups is 2. The third-order valence-corrected chi connectivity index (χ3v) is 5.11. The van der Waals surface area contributed by atoms with E-state index in [0.29, 0.717) is 36.0 Å². The molecule has 2 aromatic carbocycles. The van der Waals surface area contributed by atoms with Gasteiger partial charge >= 0.3 is 0 Å². The van der Waals surface area contributed by atoms with Gasteiger partial charge in [-0.05, 0) is 48.6 Å². The van der Waals surface area contributed by atoms with E-state index in [9.17, 15) is 9.59 Å². The minimum Gasteiger partial charge on any atom is -0.338 e. The minimum atomic E-state index is -0.390. The largest absolute Gasteiger partial charge is 0.338 e. The summed E-state index contributed by atoms with van der Waals surface area (Å²) in [6.45, 7) is 3.61. The second-order valence-corrected chi connectivity index (χ2v) is 7.44. The number of halogens is 1. The van der Waals surface area contributed by atoms with Crippen LogP contribution in [0.15, 0.2) is 59.6 Å². The van der Waals surface area contributed by atoms with Gasteiger partial charge in [0.25, 0.3) is 11.8 Å². The van der Waals surface area contributed by atoms with Gasteiger partial charge in [-0.3, -0.25) is 9.59 Å². The van der Waals surface area contributed by atoms with Crippen molar-refractivity contribution in [2.75, 3.05) is 13.1 Å². The SMILES string of the molecule is CC1CCN(C(=O)C(Cc2ccc(Cl)cc2)=NC(=O)c2ccccc2)CC1. The Morgan fingerprint density at radius 1 is 1.04 bits per heavy atom. The molecule has 140 valence electrons. The van der Waals surface area contributed by atoms with Crippen molar-refractivity contribution < 1.29 is 9.59 Å². The molecule has 0 bridgehead atoms. The molecule has 27 heavy (non-hydrogen) atoms. The lowest BCUT2D eigenvalue weighted by Crippen LogP contribution is -2.42. The molecule has 1 aliphatic rings. The molecule has 0 radical (unpaired) electrons. The van der Waals surface area contributed by atoms with E-state index in [1.165, 1.54) is 0 Å². The monoisotopic (exact) mass is 382 g/mol. The zero-order valence-corrected chi connectivity index (χ0v) is 16.2. The van der Waals surface area contributed by atoms with Gasteiger partial charge in [-0.1, -0.05) is 48.9 Å². The number of amides is 2. The quantitative estimate of drug-likeness (QED) is 0.735. The highest BCUT2D eigenvalue weighted by molar-refractivity contribution is 6.41. The summed E-state index contributed by atoms with van der Waals surface area (Å²) in [6.07, 6.45) is 2.26. The lowest BCUT2D eigenvalue weighted by Gasteiger charge is -2.30. The van der Waals surface area contributed by atoms with Crippen molar-refractivity contribution in [3.8, 4) is 0 Å². The summed E-state index contributed by atoms with van der Waals surface area (Å²) < 4.78 is 0. The van der Waals surface area contributed by atoms with Crippen molar-refractivity contribution in [3.05, 3.63) is 70.7 Å². The number of benzene rings is 2. The Morgan fingerprint density at radius 3 is 2.30 bits per heavy atom. The van der Waals surface area contributed by atoms with Gasteiger partial charge in [-0.15, -0.1) is 0 Å². The maximum absolute atomic E-state index is 13.1. The summed E-state index contributed by atoms with van der Waals surface area (Å²) in [4.78, 5) is 31.6. The average molecular weight is 383 g/mol. The van der Waals surface area contributed by atoms with E-state index in [4.69, 9.17) is 11.6 Å². The van der Waals surface area contributed by atoms with E-state index < -0.39 is 5.91 Å². The lowest BCUT2D eigenvalue weighted by molar-refractivity contribution is -0.125. The van der Waals surface area contributed by atoms with Crippen LogP contribution in [0.25, 0.3) is 0 Å². The summed E-state index contributed by atoms with van der Waals surface area (Å²) >= 11 is 5.95. The van der Waals surface area contributed by atoms with Crippen LogP contribution in [0.3, 0.4) is 0 Å². The third-order valence-electron chi connectivity index (χ3n) is 4.86. The maximum atomic E-state index is 13.1. The zero-order chi connectivity index (χ0) is 19.2. The summed E-state index contributed by atoms with van der Waals surface area (Å²) in [5.41, 5.74) is 1.66. The minimum absolute atomic E-state index is 0.152. The predicted octanol–water partition coefficient (Wildman–Crippen LogP) is 4.42. The molecule has 0 aliphatic carbocycles. The van der Waals surface area contributed by atoms with E-state index in [1.807, 2.05) is 23.1 Å². The first-order valence-electron chi connectivity index (χ1n) is 9.23. The van der Waals surface area contributed by atoms with Crippen LogP contribution in [-0.2, 0) is 11.2 Å². The van der Waals surface area contributed by atoms with Gasteiger partial charge in [-0.25, -0.2) is 4.99 Å². The van der Waals surface area contributed by atoms with Crippen molar-refractivity contribution in [2.45, 2.75) is 26.2 Å². The number of carbonyl (C=O) groups excluding carboxylic acids is 2. The fourth-order valence-electron chi connectivity index (χ4n) is 3.12. The second kappa shape index (κ2) is 8.96. The number of rotatable bonds is 4. The van der Waals surface area contributed by atoms with Gasteiger partial charge in [-0.2, -0.15) is 0 Å². The third kappa shape index (κ3) is 5.27. The zero-order valence-electron chi connectivity index (χ0n) is 15.4. The first-order valence-corrected chi connectivity index (χ1v) is 9.61. The summed E-state index contributed by atoms with van der Waals surface area (Å²) in [5, 5.41) is 0.633. The Kier molecular flexibility index (Phi) is 6.40. The van der Waals surface area contributed by atoms with Crippen LogP contribution in [0.1, 0.15) is 35.7 Å². The molecule has 0 N–H and O–H groups in total. The molecular weight excluding hydrogens is 360 g/mol. The number of piperidine rings is 1. The van der Waals surface area contributed by atoms with E-state index in [0.717, 1.165) is 18.4 Å². The second-order valence-electron chi connectivity index (χ2n) is 7.01. The molecule has 0 spiro atoms. The maximum Gasteiger partial charge on any atom is 0.277 e. The molecule has 5 heteroatoms. The number of hydrogen-bond donors (Lipinski definition) is 0. The molecule has 0 unspecified atom stereocenters. The van der Waals surface area contributed by atoms with Crippen LogP contribution in [0.5, 0.6) is 0 Å². The Bertz CT molecular complexity index is 823. The van der Waals surface area contributed by atoms with Crippen LogP contribution >= 0.6 is 11.6 Å². The highest BCUT2D eigenvalue weighted by Crippen LogP contribution is 2.18. The van der Waals surface area contributed by atoms with Crippen LogP contribution in [0.4, 0.5) is 0 Å². The lowest BCUT2D eigenvalue weighted by atomic mass is 9.98. The van der Waals surface area contributed by atoms with E-state index in [2.05, 4.69) is 11.9 Å². The normalized spacial score (nSPS) is 15.6. The molecule has 1 fully saturated rings. The molecule has 2 amide bonds. The fourth-order valence-corrected chi connectivity index (χ4v) is 3.25. The molecular formula is C22H23ClN2O2. The smallest absolute Gasteiger partial charge is 0.277 e. The molecule has 1 aliphatic heterocycles. The van der Waals surface area contributed by atoms with Gasteiger partial charge in [0, 0.05) is 30.1 Å². The predicted molar refractivity (Wildman–Crippen MR) is 108 cm³/mol. The summed E-state index contributed by atoms with van der Waals surface area (Å²) in [6, 6.07) is 16.1. The van der Waals surface area contributed by atoms with Gasteiger partial charge in [0.1, 0.15) is 5.71 Å². The Labute approximate surface area is 164 Å². The number of nitrogens with zero attached hydrogens (tertiary/aromatic N) is 2. The fraction of sp³-hybridized carbons (Fsp3) is 0.318. The first-order chi connectivity index (χ1) is 13.0. The highest BCUT2D eigenvalue weighted by Gasteiger charge is 2.25. The van der Waals surface area contributed by atoms with Crippen LogP contribution in [-0.4, -0.2) is 35.5 Å². The van der Waals surface area contributed by atoms with Crippen molar-refractivity contribution in [1.82, 2.24) is 4.90 Å². The van der Waals surface area contributed by atoms with Crippen molar-refractivity contribution in [3.63, 3.8) is 0 Å². The van der Waals surface area contributed by atoms with E-state index in [-0.39, 0.29) is 11.6 Å². The highest BCUT2D eigenvalue weighted by atomic mass is 35.5. The van der Waals surface area contributed by atoms with Crippen LogP contribution < -0.4 is 0 Å². The Morgan fingerprint density at radius 2 is 1.67 bits per heavy atom. The summed E-state index contributed by atoms with van der Waals surface area (Å²) in [7, 11) is 0. The molecule has 3 rings (SSSR count). The van der Waals surface area contributed by atoms with Crippen molar-refractivity contribution >= 4 is 29.1 Å². The molecule has 2 aromatic rings. The number of hydrogen-bond acceptors (Lipinski definition) is 2. The van der Waals surface area contributed by atoms with E-state index >= 15 is 0 Å². The average Bonchev–Trinajstić information content (AvgIpc) is 2.70. The van der Waals surface area contributed by atoms with Crippen LogP contribution in [0.2, 0.25) is 5.02 Å². The molecule has 0 saturated carbocycles. The molecule has 0 aromatic heterocycles. The Hall–Kier alpha value is -2.46. The summed E-state index contributed by atoms with van der Waals surface area (Å²) in [5.74, 6) is 0.0797. The number of likely N-dealkylation sites (tertiary alicyclic amines) is 1. The molecule has 0 atom stereocenters. The standard InChI is InChI=1S/C22H23ClN2O2/c1-16-11-13-25(14-12-16)22(27)20(15-17-7-9-19(23)10-8-17)24-21(26)18-5-3-2-4-6-18/h2-10,16H,11-15H2,1H3. The van der Waals surface area contributed by atoms with E-state index in [1.54, 1.807) is 36.4 Å². The molecule has 1 saturated heterocycles. The van der Waals surface area contributed by atoms with Gasteiger partial charge < -0.3 is 4.90 Å². The molecule has 1 heterocycles. The van der Waals surface area contributed by atoms with Crippen molar-refractivity contribution in [1.29, 1.82) is 0 Å².